The van der Waals surface area contributed by atoms with Crippen LogP contribution in [0.5, 0.6) is 11.5 Å². The molecule has 0 fully saturated rings. The van der Waals surface area contributed by atoms with Gasteiger partial charge in [0.2, 0.25) is 0 Å². The zero-order valence-corrected chi connectivity index (χ0v) is 17.1. The molecule has 3 aromatic rings. The Morgan fingerprint density at radius 3 is 2.14 bits per heavy atom. The Kier molecular flexibility index (Phi) is 6.31. The van der Waals surface area contributed by atoms with Crippen molar-refractivity contribution in [1.82, 2.24) is 5.43 Å². The van der Waals surface area contributed by atoms with Gasteiger partial charge in [-0.1, -0.05) is 60.7 Å². The Balaban J connectivity index is 1.89. The predicted octanol–water partition coefficient (Wildman–Crippen LogP) is 3.55. The van der Waals surface area contributed by atoms with Gasteiger partial charge in [-0.25, -0.2) is 5.43 Å². The second-order valence-corrected chi connectivity index (χ2v) is 7.05. The number of nitrogens with zero attached hydrogens (tertiary/aromatic N) is 1. The number of phenols is 1. The van der Waals surface area contributed by atoms with E-state index in [1.807, 2.05) is 0 Å². The molecule has 0 saturated carbocycles. The Morgan fingerprint density at radius 2 is 1.62 bits per heavy atom. The Hall–Kier alpha value is -3.16. The first-order chi connectivity index (χ1) is 14.0. The van der Waals surface area contributed by atoms with Gasteiger partial charge in [-0.15, -0.1) is 0 Å². The van der Waals surface area contributed by atoms with Crippen molar-refractivity contribution >= 4 is 28.1 Å². The molecule has 0 bridgehead atoms. The Bertz CT molecular complexity index is 984. The number of carbonyl (C=O) groups is 1. The highest BCUT2D eigenvalue weighted by Crippen LogP contribution is 2.34. The summed E-state index contributed by atoms with van der Waals surface area (Å²) in [5.74, 6) is -0.468. The molecule has 0 saturated heterocycles. The Morgan fingerprint density at radius 1 is 1.07 bits per heavy atom. The van der Waals surface area contributed by atoms with Crippen LogP contribution in [0.1, 0.15) is 16.7 Å². The van der Waals surface area contributed by atoms with Crippen molar-refractivity contribution in [3.8, 4) is 11.5 Å². The summed E-state index contributed by atoms with van der Waals surface area (Å²) < 4.78 is 5.52. The molecule has 6 nitrogen and oxygen atoms in total. The van der Waals surface area contributed by atoms with E-state index in [4.69, 9.17) is 4.74 Å². The number of aliphatic hydroxyl groups is 1. The molecule has 0 atom stereocenters. The molecule has 0 aliphatic heterocycles. The van der Waals surface area contributed by atoms with Crippen molar-refractivity contribution in [2.24, 2.45) is 5.10 Å². The number of rotatable bonds is 6. The number of hydrogen-bond donors (Lipinski definition) is 3. The molecule has 3 N–H and O–H groups in total. The first-order valence-electron chi connectivity index (χ1n) is 8.70. The minimum atomic E-state index is -1.91. The second kappa shape index (κ2) is 8.89. The third kappa shape index (κ3) is 4.31. The van der Waals surface area contributed by atoms with Gasteiger partial charge >= 0.3 is 0 Å². The van der Waals surface area contributed by atoms with Gasteiger partial charge in [0.25, 0.3) is 5.91 Å². The van der Waals surface area contributed by atoms with E-state index in [9.17, 15) is 15.0 Å². The van der Waals surface area contributed by atoms with Crippen LogP contribution >= 0.6 is 15.9 Å². The lowest BCUT2D eigenvalue weighted by molar-refractivity contribution is -0.136. The van der Waals surface area contributed by atoms with Gasteiger partial charge in [0, 0.05) is 0 Å². The minimum Gasteiger partial charge on any atom is -0.503 e. The van der Waals surface area contributed by atoms with Crippen LogP contribution in [0.4, 0.5) is 0 Å². The van der Waals surface area contributed by atoms with Gasteiger partial charge in [-0.2, -0.15) is 5.10 Å². The number of hydrogen-bond acceptors (Lipinski definition) is 5. The summed E-state index contributed by atoms with van der Waals surface area (Å²) >= 11 is 3.23. The zero-order valence-electron chi connectivity index (χ0n) is 15.5. The molecule has 3 aromatic carbocycles. The normalized spacial score (nSPS) is 11.4. The number of halogens is 1. The van der Waals surface area contributed by atoms with E-state index < -0.39 is 11.5 Å². The highest BCUT2D eigenvalue weighted by molar-refractivity contribution is 9.10. The van der Waals surface area contributed by atoms with Crippen molar-refractivity contribution < 1.29 is 19.7 Å². The number of phenolic OH excluding ortho intramolecular Hbond substituents is 1. The van der Waals surface area contributed by atoms with Crippen molar-refractivity contribution in [3.63, 3.8) is 0 Å². The highest BCUT2D eigenvalue weighted by Gasteiger charge is 2.39. The summed E-state index contributed by atoms with van der Waals surface area (Å²) in [5, 5.41) is 25.2. The van der Waals surface area contributed by atoms with Gasteiger partial charge in [-0.05, 0) is 44.8 Å². The zero-order chi connectivity index (χ0) is 20.9. The fourth-order valence-electron chi connectivity index (χ4n) is 2.86. The van der Waals surface area contributed by atoms with E-state index in [0.717, 1.165) is 0 Å². The summed E-state index contributed by atoms with van der Waals surface area (Å²) in [6.07, 6.45) is 1.39. The van der Waals surface area contributed by atoms with Gasteiger partial charge in [0.15, 0.2) is 17.1 Å². The van der Waals surface area contributed by atoms with Crippen LogP contribution in [-0.2, 0) is 10.4 Å². The molecule has 29 heavy (non-hydrogen) atoms. The number of methoxy groups -OCH3 is 1. The van der Waals surface area contributed by atoms with Crippen molar-refractivity contribution in [2.45, 2.75) is 5.60 Å². The molecule has 3 rings (SSSR count). The van der Waals surface area contributed by atoms with E-state index >= 15 is 0 Å². The molecule has 148 valence electrons. The molecule has 7 heteroatoms. The monoisotopic (exact) mass is 454 g/mol. The first kappa shape index (κ1) is 20.6. The smallest absolute Gasteiger partial charge is 0.281 e. The summed E-state index contributed by atoms with van der Waals surface area (Å²) in [5.41, 5.74) is 1.92. The minimum absolute atomic E-state index is 0.0313. The van der Waals surface area contributed by atoms with Crippen LogP contribution in [0.15, 0.2) is 82.4 Å². The molecule has 0 aromatic heterocycles. The lowest BCUT2D eigenvalue weighted by atomic mass is 9.85. The molecule has 0 unspecified atom stereocenters. The summed E-state index contributed by atoms with van der Waals surface area (Å²) in [6, 6.07) is 20.5. The maximum absolute atomic E-state index is 13.0. The SMILES string of the molecule is COc1cc(/C=N/NC(=O)C(O)(c2ccccc2)c2ccccc2)cc(Br)c1O. The number of aromatic hydroxyl groups is 1. The molecule has 0 heterocycles. The molecule has 0 aliphatic carbocycles. The quantitative estimate of drug-likeness (QED) is 0.392. The molecular weight excluding hydrogens is 436 g/mol. The Labute approximate surface area is 176 Å². The van der Waals surface area contributed by atoms with E-state index in [1.165, 1.54) is 13.3 Å². The largest absolute Gasteiger partial charge is 0.503 e. The topological polar surface area (TPSA) is 91.2 Å². The van der Waals surface area contributed by atoms with Gasteiger partial charge < -0.3 is 14.9 Å². The average molecular weight is 455 g/mol. The van der Waals surface area contributed by atoms with Gasteiger partial charge in [-0.3, -0.25) is 4.79 Å². The lowest BCUT2D eigenvalue weighted by Gasteiger charge is -2.27. The number of nitrogens with one attached hydrogen (secondary N) is 1. The van der Waals surface area contributed by atoms with E-state index in [2.05, 4.69) is 26.5 Å². The molecule has 0 spiro atoms. The fraction of sp³-hybridized carbons (Fsp3) is 0.0909. The van der Waals surface area contributed by atoms with Crippen LogP contribution in [0.25, 0.3) is 0 Å². The number of amides is 1. The lowest BCUT2D eigenvalue weighted by Crippen LogP contribution is -2.43. The van der Waals surface area contributed by atoms with Crippen LogP contribution in [0.3, 0.4) is 0 Å². The van der Waals surface area contributed by atoms with E-state index in [-0.39, 0.29) is 11.5 Å². The summed E-state index contributed by atoms with van der Waals surface area (Å²) in [6.45, 7) is 0. The summed E-state index contributed by atoms with van der Waals surface area (Å²) in [4.78, 5) is 13.0. The highest BCUT2D eigenvalue weighted by atomic mass is 79.9. The van der Waals surface area contributed by atoms with Crippen molar-refractivity contribution in [1.29, 1.82) is 0 Å². The van der Waals surface area contributed by atoms with Crippen LogP contribution in [0.2, 0.25) is 0 Å². The third-order valence-corrected chi connectivity index (χ3v) is 4.97. The van der Waals surface area contributed by atoms with Crippen LogP contribution in [-0.4, -0.2) is 29.4 Å². The summed E-state index contributed by atoms with van der Waals surface area (Å²) in [7, 11) is 1.43. The van der Waals surface area contributed by atoms with E-state index in [1.54, 1.807) is 72.8 Å². The molecular formula is C22H19BrN2O4. The molecule has 0 radical (unpaired) electrons. The number of hydrazone groups is 1. The maximum atomic E-state index is 13.0. The molecule has 1 amide bonds. The number of carbonyl (C=O) groups excluding carboxylic acids is 1. The van der Waals surface area contributed by atoms with Gasteiger partial charge in [0.1, 0.15) is 0 Å². The third-order valence-electron chi connectivity index (χ3n) is 4.36. The first-order valence-corrected chi connectivity index (χ1v) is 9.49. The maximum Gasteiger partial charge on any atom is 0.281 e. The predicted molar refractivity (Wildman–Crippen MR) is 114 cm³/mol. The van der Waals surface area contributed by atoms with Crippen molar-refractivity contribution in [2.75, 3.05) is 7.11 Å². The van der Waals surface area contributed by atoms with Crippen molar-refractivity contribution in [3.05, 3.63) is 94.0 Å². The fourth-order valence-corrected chi connectivity index (χ4v) is 3.32. The number of ether oxygens (including phenoxy) is 1. The molecule has 0 aliphatic rings. The van der Waals surface area contributed by atoms with E-state index in [0.29, 0.717) is 21.2 Å². The van der Waals surface area contributed by atoms with Gasteiger partial charge in [0.05, 0.1) is 17.8 Å². The van der Waals surface area contributed by atoms with Crippen LogP contribution < -0.4 is 10.2 Å². The average Bonchev–Trinajstić information content (AvgIpc) is 2.76. The number of benzene rings is 3. The second-order valence-electron chi connectivity index (χ2n) is 6.20. The standard InChI is InChI=1S/C22H19BrN2O4/c1-29-19-13-15(12-18(23)20(19)26)14-24-25-21(27)22(28,16-8-4-2-5-9-16)17-10-6-3-7-11-17/h2-14,26,28H,1H3,(H,25,27)/b24-14+. The van der Waals surface area contributed by atoms with Crippen LogP contribution in [0, 0.1) is 0 Å².